The lowest BCUT2D eigenvalue weighted by Crippen LogP contribution is -2.27. The minimum Gasteiger partial charge on any atom is -0.506 e. The van der Waals surface area contributed by atoms with Gasteiger partial charge in [0.25, 0.3) is 5.91 Å². The van der Waals surface area contributed by atoms with Gasteiger partial charge in [-0.15, -0.1) is 11.3 Å². The van der Waals surface area contributed by atoms with Crippen LogP contribution in [0.5, 0.6) is 5.75 Å². The first-order chi connectivity index (χ1) is 9.11. The molecule has 1 unspecified atom stereocenters. The van der Waals surface area contributed by atoms with E-state index in [1.165, 1.54) is 12.1 Å². The van der Waals surface area contributed by atoms with E-state index in [0.717, 1.165) is 11.3 Å². The van der Waals surface area contributed by atoms with Crippen LogP contribution in [-0.4, -0.2) is 11.0 Å². The summed E-state index contributed by atoms with van der Waals surface area (Å²) < 4.78 is 0. The number of carbonyl (C=O) groups excluding carboxylic acids is 1. The van der Waals surface area contributed by atoms with Gasteiger partial charge in [0, 0.05) is 10.4 Å². The summed E-state index contributed by atoms with van der Waals surface area (Å²) >= 11 is 7.42. The van der Waals surface area contributed by atoms with Gasteiger partial charge in [-0.05, 0) is 36.1 Å². The third kappa shape index (κ3) is 3.28. The molecule has 0 radical (unpaired) electrons. The number of hydrogen-bond donors (Lipinski definition) is 2. The first-order valence-corrected chi connectivity index (χ1v) is 7.20. The number of phenolic OH excluding ortho intramolecular Hbond substituents is 1. The van der Waals surface area contributed by atoms with Gasteiger partial charge in [0.05, 0.1) is 11.1 Å². The van der Waals surface area contributed by atoms with Crippen LogP contribution in [0.25, 0.3) is 0 Å². The van der Waals surface area contributed by atoms with Crippen molar-refractivity contribution in [2.45, 2.75) is 19.4 Å². The summed E-state index contributed by atoms with van der Waals surface area (Å²) in [6.07, 6.45) is 0.818. The van der Waals surface area contributed by atoms with Crippen LogP contribution in [0.4, 0.5) is 0 Å². The Morgan fingerprint density at radius 2 is 2.26 bits per heavy atom. The van der Waals surface area contributed by atoms with Gasteiger partial charge in [-0.3, -0.25) is 4.79 Å². The van der Waals surface area contributed by atoms with Crippen LogP contribution in [0.15, 0.2) is 35.7 Å². The number of rotatable bonds is 4. The molecule has 19 heavy (non-hydrogen) atoms. The van der Waals surface area contributed by atoms with Crippen molar-refractivity contribution in [3.8, 4) is 5.75 Å². The molecule has 2 N–H and O–H groups in total. The third-order valence-corrected chi connectivity index (χ3v) is 4.10. The van der Waals surface area contributed by atoms with Crippen molar-refractivity contribution in [2.24, 2.45) is 0 Å². The Kier molecular flexibility index (Phi) is 4.45. The molecule has 3 nitrogen and oxygen atoms in total. The summed E-state index contributed by atoms with van der Waals surface area (Å²) in [5, 5.41) is 14.5. The van der Waals surface area contributed by atoms with E-state index in [1.54, 1.807) is 17.4 Å². The summed E-state index contributed by atoms with van der Waals surface area (Å²) in [6, 6.07) is 8.41. The van der Waals surface area contributed by atoms with Crippen LogP contribution in [-0.2, 0) is 0 Å². The molecule has 0 aliphatic rings. The molecule has 0 spiro atoms. The lowest BCUT2D eigenvalue weighted by molar-refractivity contribution is 0.0936. The first kappa shape index (κ1) is 13.9. The van der Waals surface area contributed by atoms with Gasteiger partial charge in [-0.1, -0.05) is 24.6 Å². The molecule has 1 amide bonds. The SMILES string of the molecule is CCC(NC(=O)c1ccc(O)c(Cl)c1)c1cccs1. The summed E-state index contributed by atoms with van der Waals surface area (Å²) in [7, 11) is 0. The molecule has 0 fully saturated rings. The van der Waals surface area contributed by atoms with E-state index in [0.29, 0.717) is 5.56 Å². The Bertz CT molecular complexity index is 569. The molecule has 1 aromatic heterocycles. The number of aromatic hydroxyl groups is 1. The minimum absolute atomic E-state index is 0.0000728. The maximum atomic E-state index is 12.1. The lowest BCUT2D eigenvalue weighted by atomic mass is 10.1. The number of nitrogens with one attached hydrogen (secondary N) is 1. The zero-order valence-electron chi connectivity index (χ0n) is 10.4. The third-order valence-electron chi connectivity index (χ3n) is 2.81. The molecule has 5 heteroatoms. The molecule has 1 heterocycles. The van der Waals surface area contributed by atoms with Crippen molar-refractivity contribution >= 4 is 28.8 Å². The van der Waals surface area contributed by atoms with E-state index >= 15 is 0 Å². The fraction of sp³-hybridized carbons (Fsp3) is 0.214. The van der Waals surface area contributed by atoms with Gasteiger partial charge in [-0.25, -0.2) is 0 Å². The zero-order valence-corrected chi connectivity index (χ0v) is 12.0. The Hall–Kier alpha value is -1.52. The van der Waals surface area contributed by atoms with Crippen LogP contribution < -0.4 is 5.32 Å². The maximum Gasteiger partial charge on any atom is 0.251 e. The molecule has 1 atom stereocenters. The normalized spacial score (nSPS) is 12.1. The van der Waals surface area contributed by atoms with Crippen LogP contribution in [0, 0.1) is 0 Å². The van der Waals surface area contributed by atoms with Crippen LogP contribution in [0.1, 0.15) is 34.6 Å². The van der Waals surface area contributed by atoms with Gasteiger partial charge in [-0.2, -0.15) is 0 Å². The molecular formula is C14H14ClNO2S. The maximum absolute atomic E-state index is 12.1. The van der Waals surface area contributed by atoms with E-state index in [2.05, 4.69) is 5.32 Å². The van der Waals surface area contributed by atoms with E-state index in [1.807, 2.05) is 24.4 Å². The van der Waals surface area contributed by atoms with Crippen molar-refractivity contribution in [1.82, 2.24) is 5.32 Å². The van der Waals surface area contributed by atoms with E-state index in [9.17, 15) is 9.90 Å². The zero-order chi connectivity index (χ0) is 13.8. The molecule has 0 bridgehead atoms. The van der Waals surface area contributed by atoms with Crippen molar-refractivity contribution < 1.29 is 9.90 Å². The second-order valence-electron chi connectivity index (χ2n) is 4.12. The highest BCUT2D eigenvalue weighted by molar-refractivity contribution is 7.10. The summed E-state index contributed by atoms with van der Waals surface area (Å²) in [5.41, 5.74) is 0.442. The molecule has 0 aliphatic heterocycles. The quantitative estimate of drug-likeness (QED) is 0.896. The van der Waals surface area contributed by atoms with Crippen molar-refractivity contribution in [2.75, 3.05) is 0 Å². The van der Waals surface area contributed by atoms with Gasteiger partial charge >= 0.3 is 0 Å². The Balaban J connectivity index is 2.13. The second kappa shape index (κ2) is 6.08. The smallest absolute Gasteiger partial charge is 0.251 e. The molecule has 0 saturated carbocycles. The number of halogens is 1. The fourth-order valence-corrected chi connectivity index (χ4v) is 2.80. The highest BCUT2D eigenvalue weighted by Crippen LogP contribution is 2.25. The summed E-state index contributed by atoms with van der Waals surface area (Å²) in [6.45, 7) is 2.02. The van der Waals surface area contributed by atoms with E-state index in [4.69, 9.17) is 11.6 Å². The molecule has 2 aromatic rings. The molecule has 1 aromatic carbocycles. The average molecular weight is 296 g/mol. The average Bonchev–Trinajstić information content (AvgIpc) is 2.92. The predicted octanol–water partition coefficient (Wildman–Crippen LogP) is 3.99. The second-order valence-corrected chi connectivity index (χ2v) is 5.50. The minimum atomic E-state index is -0.192. The lowest BCUT2D eigenvalue weighted by Gasteiger charge is -2.15. The van der Waals surface area contributed by atoms with E-state index in [-0.39, 0.29) is 22.7 Å². The molecule has 0 aliphatic carbocycles. The van der Waals surface area contributed by atoms with Gasteiger partial charge < -0.3 is 10.4 Å². The molecule has 100 valence electrons. The Morgan fingerprint density at radius 3 is 2.84 bits per heavy atom. The first-order valence-electron chi connectivity index (χ1n) is 5.94. The number of amides is 1. The summed E-state index contributed by atoms with van der Waals surface area (Å²) in [5.74, 6) is -0.217. The number of benzene rings is 1. The van der Waals surface area contributed by atoms with Crippen molar-refractivity contribution in [3.05, 3.63) is 51.2 Å². The number of thiophene rings is 1. The number of carbonyl (C=O) groups is 1. The number of phenols is 1. The Labute approximate surface area is 120 Å². The van der Waals surface area contributed by atoms with Gasteiger partial charge in [0.1, 0.15) is 5.75 Å². The topological polar surface area (TPSA) is 49.3 Å². The van der Waals surface area contributed by atoms with Gasteiger partial charge in [0.15, 0.2) is 0 Å². The fourth-order valence-electron chi connectivity index (χ4n) is 1.75. The van der Waals surface area contributed by atoms with Crippen LogP contribution >= 0.6 is 22.9 Å². The molecule has 0 saturated heterocycles. The summed E-state index contributed by atoms with van der Waals surface area (Å²) in [4.78, 5) is 13.3. The molecule has 2 rings (SSSR count). The van der Waals surface area contributed by atoms with Gasteiger partial charge in [0.2, 0.25) is 0 Å². The van der Waals surface area contributed by atoms with Crippen molar-refractivity contribution in [3.63, 3.8) is 0 Å². The number of hydrogen-bond acceptors (Lipinski definition) is 3. The van der Waals surface area contributed by atoms with Crippen LogP contribution in [0.3, 0.4) is 0 Å². The van der Waals surface area contributed by atoms with Crippen LogP contribution in [0.2, 0.25) is 5.02 Å². The Morgan fingerprint density at radius 1 is 1.47 bits per heavy atom. The molecular weight excluding hydrogens is 282 g/mol. The van der Waals surface area contributed by atoms with E-state index < -0.39 is 0 Å². The largest absolute Gasteiger partial charge is 0.506 e. The van der Waals surface area contributed by atoms with Crippen molar-refractivity contribution in [1.29, 1.82) is 0 Å². The monoisotopic (exact) mass is 295 g/mol. The highest BCUT2D eigenvalue weighted by Gasteiger charge is 2.15. The predicted molar refractivity (Wildman–Crippen MR) is 77.9 cm³/mol. The standard InChI is InChI=1S/C14H14ClNO2S/c1-2-11(13-4-3-7-19-13)16-14(18)9-5-6-12(17)10(15)8-9/h3-8,11,17H,2H2,1H3,(H,16,18). The highest BCUT2D eigenvalue weighted by atomic mass is 35.5.